The molecule has 13 heavy (non-hydrogen) atoms. The molecule has 0 aliphatic heterocycles. The fourth-order valence-corrected chi connectivity index (χ4v) is 0.342. The molecule has 1 aromatic carbocycles. The van der Waals surface area contributed by atoms with Crippen molar-refractivity contribution in [3.63, 3.8) is 0 Å². The Morgan fingerprint density at radius 2 is 1.62 bits per heavy atom. The van der Waals surface area contributed by atoms with Crippen LogP contribution >= 0.6 is 0 Å². The zero-order valence-electron chi connectivity index (χ0n) is 9.30. The summed E-state index contributed by atoms with van der Waals surface area (Å²) < 4.78 is 0. The number of allylic oxidation sites excluding steroid dienone is 1. The number of hydrogen-bond donors (Lipinski definition) is 0. The molecule has 0 heterocycles. The molecule has 0 saturated carbocycles. The van der Waals surface area contributed by atoms with Gasteiger partial charge in [0.2, 0.25) is 0 Å². The molecule has 0 amide bonds. The largest absolute Gasteiger partial charge is 1.00 e. The van der Waals surface area contributed by atoms with Crippen molar-refractivity contribution < 1.29 is 51.4 Å². The van der Waals surface area contributed by atoms with Gasteiger partial charge < -0.3 is 7.43 Å². The summed E-state index contributed by atoms with van der Waals surface area (Å²) in [6.45, 7) is 7.80. The van der Waals surface area contributed by atoms with Gasteiger partial charge in [-0.05, 0) is 13.3 Å². The van der Waals surface area contributed by atoms with Crippen LogP contribution in [0.25, 0.3) is 0 Å². The maximum absolute atomic E-state index is 3.67. The SMILES string of the molecule is C=C(C)CC.[CH3-].[K+].[c-]1ccccc1. The maximum atomic E-state index is 3.67. The summed E-state index contributed by atoms with van der Waals surface area (Å²) in [6.07, 6.45) is 1.11. The van der Waals surface area contributed by atoms with Gasteiger partial charge in [0.15, 0.2) is 0 Å². The van der Waals surface area contributed by atoms with Crippen molar-refractivity contribution in [2.75, 3.05) is 0 Å². The molecule has 0 unspecified atom stereocenters. The third-order valence-electron chi connectivity index (χ3n) is 1.21. The topological polar surface area (TPSA) is 0 Å². The molecular weight excluding hydrogens is 183 g/mol. The molecule has 0 spiro atoms. The number of rotatable bonds is 1. The van der Waals surface area contributed by atoms with E-state index in [2.05, 4.69) is 19.6 Å². The smallest absolute Gasteiger partial charge is 0.358 e. The van der Waals surface area contributed by atoms with Crippen LogP contribution in [0.4, 0.5) is 0 Å². The van der Waals surface area contributed by atoms with E-state index in [9.17, 15) is 0 Å². The van der Waals surface area contributed by atoms with E-state index in [4.69, 9.17) is 0 Å². The van der Waals surface area contributed by atoms with E-state index >= 15 is 0 Å². The minimum Gasteiger partial charge on any atom is -0.358 e. The fraction of sp³-hybridized carbons (Fsp3) is 0.250. The summed E-state index contributed by atoms with van der Waals surface area (Å²) in [5.41, 5.74) is 1.25. The van der Waals surface area contributed by atoms with Gasteiger partial charge in [0.25, 0.3) is 0 Å². The molecule has 0 N–H and O–H groups in total. The van der Waals surface area contributed by atoms with Gasteiger partial charge in [0.05, 0.1) is 0 Å². The minimum atomic E-state index is 0. The molecule has 0 bridgehead atoms. The Bertz CT molecular complexity index is 153. The molecule has 0 aliphatic carbocycles. The summed E-state index contributed by atoms with van der Waals surface area (Å²) >= 11 is 0. The summed E-state index contributed by atoms with van der Waals surface area (Å²) in [5.74, 6) is 0. The second-order valence-electron chi connectivity index (χ2n) is 2.39. The average Bonchev–Trinajstić information content (AvgIpc) is 2.09. The van der Waals surface area contributed by atoms with Crippen molar-refractivity contribution in [1.82, 2.24) is 0 Å². The quantitative estimate of drug-likeness (QED) is 0.360. The van der Waals surface area contributed by atoms with Gasteiger partial charge in [0.1, 0.15) is 0 Å². The molecular formula is C12H18K-. The zero-order chi connectivity index (χ0) is 8.53. The normalized spacial score (nSPS) is 6.62. The zero-order valence-corrected chi connectivity index (χ0v) is 12.4. The van der Waals surface area contributed by atoms with Gasteiger partial charge in [-0.1, -0.05) is 12.5 Å². The van der Waals surface area contributed by atoms with E-state index in [0.717, 1.165) is 6.42 Å². The van der Waals surface area contributed by atoms with E-state index in [0.29, 0.717) is 0 Å². The minimum absolute atomic E-state index is 0. The van der Waals surface area contributed by atoms with Crippen LogP contribution in [-0.4, -0.2) is 0 Å². The fourth-order valence-electron chi connectivity index (χ4n) is 0.342. The van der Waals surface area contributed by atoms with Crippen molar-refractivity contribution in [1.29, 1.82) is 0 Å². The standard InChI is InChI=1S/C6H5.C5H10.CH3.K/c1-2-4-6-5-3-1;1-4-5(2)3;;/h1-5H;2,4H2,1,3H3;1H3;/q-1;;-1;+1. The van der Waals surface area contributed by atoms with Crippen LogP contribution in [0.15, 0.2) is 42.5 Å². The molecule has 68 valence electrons. The summed E-state index contributed by atoms with van der Waals surface area (Å²) in [6, 6.07) is 12.5. The second kappa shape index (κ2) is 15.1. The van der Waals surface area contributed by atoms with Gasteiger partial charge in [-0.2, -0.15) is 36.4 Å². The second-order valence-corrected chi connectivity index (χ2v) is 2.39. The third-order valence-corrected chi connectivity index (χ3v) is 1.21. The Balaban J connectivity index is -0.000000136. The maximum Gasteiger partial charge on any atom is 1.00 e. The summed E-state index contributed by atoms with van der Waals surface area (Å²) in [4.78, 5) is 0. The predicted octanol–water partition coefficient (Wildman–Crippen LogP) is 0.914. The average molecular weight is 201 g/mol. The Morgan fingerprint density at radius 1 is 1.23 bits per heavy atom. The molecule has 0 fully saturated rings. The molecule has 1 aromatic rings. The molecule has 1 heteroatoms. The Labute approximate surface area is 126 Å². The van der Waals surface area contributed by atoms with Gasteiger partial charge in [0, 0.05) is 0 Å². The number of hydrogen-bond acceptors (Lipinski definition) is 0. The van der Waals surface area contributed by atoms with Gasteiger partial charge in [-0.25, -0.2) is 0 Å². The molecule has 0 radical (unpaired) electrons. The first kappa shape index (κ1) is 19.2. The van der Waals surface area contributed by atoms with E-state index in [1.165, 1.54) is 5.57 Å². The molecule has 1 rings (SSSR count). The molecule has 0 aliphatic rings. The van der Waals surface area contributed by atoms with Crippen molar-refractivity contribution in [2.45, 2.75) is 20.3 Å². The van der Waals surface area contributed by atoms with Crippen LogP contribution < -0.4 is 51.4 Å². The van der Waals surface area contributed by atoms with E-state index in [1.807, 2.05) is 37.3 Å². The van der Waals surface area contributed by atoms with Gasteiger partial charge in [-0.15, -0.1) is 6.58 Å². The van der Waals surface area contributed by atoms with Crippen LogP contribution in [-0.2, 0) is 0 Å². The van der Waals surface area contributed by atoms with Crippen molar-refractivity contribution in [3.8, 4) is 0 Å². The summed E-state index contributed by atoms with van der Waals surface area (Å²) in [5, 5.41) is 0. The first-order valence-electron chi connectivity index (χ1n) is 3.82. The third kappa shape index (κ3) is 19.1. The van der Waals surface area contributed by atoms with Crippen molar-refractivity contribution in [2.24, 2.45) is 0 Å². The first-order chi connectivity index (χ1) is 5.27. The molecule has 0 nitrogen and oxygen atoms in total. The van der Waals surface area contributed by atoms with Gasteiger partial charge in [-0.3, -0.25) is 0 Å². The van der Waals surface area contributed by atoms with Crippen LogP contribution in [0.2, 0.25) is 0 Å². The Hall–Kier alpha value is 0.596. The molecule has 0 aromatic heterocycles. The van der Waals surface area contributed by atoms with E-state index < -0.39 is 0 Å². The molecule has 0 atom stereocenters. The predicted molar refractivity (Wildman–Crippen MR) is 56.8 cm³/mol. The Morgan fingerprint density at radius 3 is 1.69 bits per heavy atom. The van der Waals surface area contributed by atoms with Crippen LogP contribution in [0.3, 0.4) is 0 Å². The van der Waals surface area contributed by atoms with Crippen LogP contribution in [0.5, 0.6) is 0 Å². The van der Waals surface area contributed by atoms with Gasteiger partial charge >= 0.3 is 51.4 Å². The van der Waals surface area contributed by atoms with Crippen molar-refractivity contribution in [3.05, 3.63) is 56.0 Å². The first-order valence-corrected chi connectivity index (χ1v) is 3.82. The monoisotopic (exact) mass is 201 g/mol. The van der Waals surface area contributed by atoms with Crippen LogP contribution in [0.1, 0.15) is 20.3 Å². The van der Waals surface area contributed by atoms with E-state index in [-0.39, 0.29) is 58.8 Å². The van der Waals surface area contributed by atoms with Crippen molar-refractivity contribution >= 4 is 0 Å². The Kier molecular flexibility index (Phi) is 22.3. The van der Waals surface area contributed by atoms with E-state index in [1.54, 1.807) is 0 Å². The van der Waals surface area contributed by atoms with Crippen LogP contribution in [0, 0.1) is 13.5 Å². The summed E-state index contributed by atoms with van der Waals surface area (Å²) in [7, 11) is 0. The molecule has 0 saturated heterocycles. The number of benzene rings is 1.